The van der Waals surface area contributed by atoms with Crippen LogP contribution in [0.5, 0.6) is 23.1 Å². The number of aliphatic hydroxyl groups is 1. The fraction of sp³-hybridized carbons (Fsp3) is 0.200. The van der Waals surface area contributed by atoms with Crippen molar-refractivity contribution in [2.45, 2.75) is 6.42 Å². The lowest BCUT2D eigenvalue weighted by Crippen LogP contribution is -2.10. The Hall–Kier alpha value is -3.03. The predicted molar refractivity (Wildman–Crippen MR) is 106 cm³/mol. The average molecular weight is 402 g/mol. The fourth-order valence-corrected chi connectivity index (χ4v) is 2.74. The van der Waals surface area contributed by atoms with E-state index in [0.717, 1.165) is 5.56 Å². The highest BCUT2D eigenvalue weighted by Crippen LogP contribution is 2.38. The monoisotopic (exact) mass is 401 g/mol. The van der Waals surface area contributed by atoms with Crippen LogP contribution in [0.2, 0.25) is 5.02 Å². The molecule has 1 aromatic heterocycles. The van der Waals surface area contributed by atoms with Crippen LogP contribution in [0.1, 0.15) is 11.4 Å². The molecule has 0 saturated carbocycles. The summed E-state index contributed by atoms with van der Waals surface area (Å²) in [5, 5.41) is 9.73. The minimum atomic E-state index is -0.183. The average Bonchev–Trinajstić information content (AvgIpc) is 2.70. The van der Waals surface area contributed by atoms with E-state index < -0.39 is 0 Å². The van der Waals surface area contributed by atoms with Crippen molar-refractivity contribution >= 4 is 17.4 Å². The number of hydrogen-bond donors (Lipinski definition) is 2. The van der Waals surface area contributed by atoms with Crippen LogP contribution in [0.4, 0.5) is 5.82 Å². The number of anilines is 1. The molecule has 0 atom stereocenters. The summed E-state index contributed by atoms with van der Waals surface area (Å²) in [6.07, 6.45) is 0.369. The van der Waals surface area contributed by atoms with Gasteiger partial charge in [0.1, 0.15) is 12.4 Å². The second-order valence-corrected chi connectivity index (χ2v) is 6.16. The van der Waals surface area contributed by atoms with Crippen molar-refractivity contribution in [2.75, 3.05) is 26.1 Å². The molecule has 0 saturated heterocycles. The molecule has 0 aliphatic rings. The molecular formula is C20H20ClN3O4. The minimum absolute atomic E-state index is 0.0320. The number of halogens is 1. The van der Waals surface area contributed by atoms with E-state index in [1.54, 1.807) is 24.3 Å². The molecule has 7 nitrogen and oxygen atoms in total. The van der Waals surface area contributed by atoms with E-state index in [1.165, 1.54) is 7.11 Å². The third-order valence-electron chi connectivity index (χ3n) is 3.82. The number of nitrogens with zero attached hydrogens (tertiary/aromatic N) is 2. The number of ether oxygens (including phenoxy) is 3. The maximum Gasteiger partial charge on any atom is 0.263 e. The van der Waals surface area contributed by atoms with Crippen LogP contribution in [0.15, 0.2) is 48.5 Å². The standard InChI is InChI=1S/C20H20ClN3O4/c1-26-15-8-4-5-9-16(15)28-18-19(22)23-17(24-20(18)27-11-10-25)12-13-6-2-3-7-14(13)21/h2-9,25H,10-12H2,1H3,(H2,22,23,24). The summed E-state index contributed by atoms with van der Waals surface area (Å²) in [6.45, 7) is -0.151. The number of aliphatic hydroxyl groups excluding tert-OH is 1. The molecule has 0 fully saturated rings. The van der Waals surface area contributed by atoms with Crippen LogP contribution in [-0.2, 0) is 6.42 Å². The van der Waals surface area contributed by atoms with Gasteiger partial charge in [0.05, 0.1) is 13.7 Å². The van der Waals surface area contributed by atoms with E-state index >= 15 is 0 Å². The van der Waals surface area contributed by atoms with E-state index in [0.29, 0.717) is 28.8 Å². The van der Waals surface area contributed by atoms with Crippen LogP contribution in [0, 0.1) is 0 Å². The SMILES string of the molecule is COc1ccccc1Oc1c(N)nc(Cc2ccccc2Cl)nc1OCCO. The lowest BCUT2D eigenvalue weighted by Gasteiger charge is -2.15. The molecule has 3 rings (SSSR count). The summed E-state index contributed by atoms with van der Waals surface area (Å²) in [7, 11) is 1.54. The number of benzene rings is 2. The van der Waals surface area contributed by atoms with Gasteiger partial charge in [-0.05, 0) is 23.8 Å². The second-order valence-electron chi connectivity index (χ2n) is 5.75. The Kier molecular flexibility index (Phi) is 6.52. The van der Waals surface area contributed by atoms with Crippen LogP contribution in [0.25, 0.3) is 0 Å². The Balaban J connectivity index is 1.96. The van der Waals surface area contributed by atoms with Gasteiger partial charge in [0.2, 0.25) is 5.75 Å². The van der Waals surface area contributed by atoms with Crippen molar-refractivity contribution in [2.24, 2.45) is 0 Å². The molecule has 0 spiro atoms. The zero-order valence-electron chi connectivity index (χ0n) is 15.3. The first-order chi connectivity index (χ1) is 13.6. The van der Waals surface area contributed by atoms with E-state index in [9.17, 15) is 0 Å². The number of para-hydroxylation sites is 2. The first-order valence-corrected chi connectivity index (χ1v) is 8.94. The minimum Gasteiger partial charge on any atom is -0.493 e. The van der Waals surface area contributed by atoms with Crippen molar-refractivity contribution in [3.63, 3.8) is 0 Å². The van der Waals surface area contributed by atoms with Gasteiger partial charge in [-0.3, -0.25) is 0 Å². The largest absolute Gasteiger partial charge is 0.493 e. The predicted octanol–water partition coefficient (Wildman–Crippen LogP) is 3.48. The summed E-state index contributed by atoms with van der Waals surface area (Å²) < 4.78 is 16.7. The summed E-state index contributed by atoms with van der Waals surface area (Å²) >= 11 is 6.22. The molecule has 28 heavy (non-hydrogen) atoms. The van der Waals surface area contributed by atoms with Gasteiger partial charge >= 0.3 is 0 Å². The fourth-order valence-electron chi connectivity index (χ4n) is 2.53. The molecule has 8 heteroatoms. The quantitative estimate of drug-likeness (QED) is 0.596. The maximum absolute atomic E-state index is 9.12. The van der Waals surface area contributed by atoms with E-state index in [2.05, 4.69) is 9.97 Å². The molecule has 0 unspecified atom stereocenters. The van der Waals surface area contributed by atoms with Crippen molar-refractivity contribution in [3.05, 3.63) is 64.9 Å². The number of aromatic nitrogens is 2. The lowest BCUT2D eigenvalue weighted by atomic mass is 10.1. The highest BCUT2D eigenvalue weighted by molar-refractivity contribution is 6.31. The lowest BCUT2D eigenvalue weighted by molar-refractivity contribution is 0.192. The number of nitrogen functional groups attached to an aromatic ring is 1. The van der Waals surface area contributed by atoms with E-state index in [-0.39, 0.29) is 30.7 Å². The Bertz CT molecular complexity index is 952. The van der Waals surface area contributed by atoms with Gasteiger partial charge in [-0.25, -0.2) is 4.98 Å². The molecule has 1 heterocycles. The zero-order chi connectivity index (χ0) is 19.9. The summed E-state index contributed by atoms with van der Waals surface area (Å²) in [5.74, 6) is 1.78. The maximum atomic E-state index is 9.12. The zero-order valence-corrected chi connectivity index (χ0v) is 16.0. The van der Waals surface area contributed by atoms with Crippen LogP contribution in [-0.4, -0.2) is 35.4 Å². The summed E-state index contributed by atoms with van der Waals surface area (Å²) in [5.41, 5.74) is 6.99. The highest BCUT2D eigenvalue weighted by atomic mass is 35.5. The molecule has 3 N–H and O–H groups in total. The summed E-state index contributed by atoms with van der Waals surface area (Å²) in [6, 6.07) is 14.5. The highest BCUT2D eigenvalue weighted by Gasteiger charge is 2.19. The van der Waals surface area contributed by atoms with Gasteiger partial charge in [0.15, 0.2) is 17.3 Å². The molecule has 0 bridgehead atoms. The molecule has 3 aromatic rings. The molecule has 0 radical (unpaired) electrons. The molecule has 0 amide bonds. The number of hydrogen-bond acceptors (Lipinski definition) is 7. The molecule has 0 aliphatic carbocycles. The van der Waals surface area contributed by atoms with Gasteiger partial charge in [0, 0.05) is 11.4 Å². The first-order valence-electron chi connectivity index (χ1n) is 8.56. The third kappa shape index (κ3) is 4.62. The van der Waals surface area contributed by atoms with Crippen molar-refractivity contribution in [1.29, 1.82) is 0 Å². The third-order valence-corrected chi connectivity index (χ3v) is 4.19. The van der Waals surface area contributed by atoms with Gasteiger partial charge in [-0.15, -0.1) is 0 Å². The number of rotatable bonds is 8. The van der Waals surface area contributed by atoms with Gasteiger partial charge < -0.3 is 25.1 Å². The van der Waals surface area contributed by atoms with Gasteiger partial charge in [0.25, 0.3) is 5.88 Å². The topological polar surface area (TPSA) is 99.7 Å². The Labute approximate surface area is 167 Å². The van der Waals surface area contributed by atoms with Crippen LogP contribution in [0.3, 0.4) is 0 Å². The van der Waals surface area contributed by atoms with Crippen LogP contribution < -0.4 is 19.9 Å². The number of methoxy groups -OCH3 is 1. The Morgan fingerprint density at radius 3 is 2.46 bits per heavy atom. The molecule has 146 valence electrons. The van der Waals surface area contributed by atoms with Crippen LogP contribution >= 0.6 is 11.6 Å². The Morgan fingerprint density at radius 1 is 1.04 bits per heavy atom. The summed E-state index contributed by atoms with van der Waals surface area (Å²) in [4.78, 5) is 8.74. The van der Waals surface area contributed by atoms with Gasteiger partial charge in [-0.2, -0.15) is 4.98 Å². The van der Waals surface area contributed by atoms with Crippen molar-refractivity contribution in [1.82, 2.24) is 9.97 Å². The first kappa shape index (κ1) is 19.7. The Morgan fingerprint density at radius 2 is 1.75 bits per heavy atom. The van der Waals surface area contributed by atoms with Gasteiger partial charge in [-0.1, -0.05) is 41.9 Å². The second kappa shape index (κ2) is 9.25. The molecule has 0 aliphatic heterocycles. The van der Waals surface area contributed by atoms with Crippen molar-refractivity contribution < 1.29 is 19.3 Å². The van der Waals surface area contributed by atoms with Crippen molar-refractivity contribution in [3.8, 4) is 23.1 Å². The normalized spacial score (nSPS) is 10.5. The van der Waals surface area contributed by atoms with E-state index in [1.807, 2.05) is 24.3 Å². The number of nitrogens with two attached hydrogens (primary N) is 1. The smallest absolute Gasteiger partial charge is 0.263 e. The molecule has 2 aromatic carbocycles. The molecular weight excluding hydrogens is 382 g/mol. The van der Waals surface area contributed by atoms with E-state index in [4.69, 9.17) is 36.7 Å².